The van der Waals surface area contributed by atoms with Gasteiger partial charge in [0.2, 0.25) is 0 Å². The van der Waals surface area contributed by atoms with Gasteiger partial charge in [0.1, 0.15) is 0 Å². The van der Waals surface area contributed by atoms with Gasteiger partial charge in [0, 0.05) is 6.54 Å². The quantitative estimate of drug-likeness (QED) is 0.477. The van der Waals surface area contributed by atoms with E-state index in [2.05, 4.69) is 5.32 Å². The molecule has 1 saturated heterocycles. The highest BCUT2D eigenvalue weighted by molar-refractivity contribution is 5.74. The van der Waals surface area contributed by atoms with Gasteiger partial charge < -0.3 is 15.2 Å². The maximum absolute atomic E-state index is 13.2. The molecule has 2 aromatic carbocycles. The molecule has 0 radical (unpaired) electrons. The van der Waals surface area contributed by atoms with E-state index in [9.17, 15) is 36.2 Å². The van der Waals surface area contributed by atoms with Gasteiger partial charge in [-0.3, -0.25) is 4.79 Å². The van der Waals surface area contributed by atoms with E-state index >= 15 is 0 Å². The summed E-state index contributed by atoms with van der Waals surface area (Å²) in [6, 6.07) is 10.4. The van der Waals surface area contributed by atoms with Crippen LogP contribution in [0.3, 0.4) is 0 Å². The Balaban J connectivity index is 1.89. The number of alkyl halides is 6. The number of hydrogen-bond acceptors (Lipinski definition) is 3. The molecule has 0 saturated carbocycles. The van der Waals surface area contributed by atoms with Crippen LogP contribution in [0.25, 0.3) is 0 Å². The Labute approximate surface area is 192 Å². The van der Waals surface area contributed by atoms with Gasteiger partial charge in [-0.15, -0.1) is 0 Å². The van der Waals surface area contributed by atoms with Crippen molar-refractivity contribution < 1.29 is 41.0 Å². The third kappa shape index (κ3) is 5.55. The van der Waals surface area contributed by atoms with E-state index in [1.54, 1.807) is 25.1 Å². The van der Waals surface area contributed by atoms with Crippen molar-refractivity contribution in [2.24, 2.45) is 5.41 Å². The summed E-state index contributed by atoms with van der Waals surface area (Å²) in [5, 5.41) is 12.8. The summed E-state index contributed by atoms with van der Waals surface area (Å²) in [5.74, 6) is -0.959. The molecule has 3 atom stereocenters. The largest absolute Gasteiger partial charge is 0.481 e. The molecule has 1 aliphatic rings. The average Bonchev–Trinajstić information content (AvgIpc) is 2.78. The molecule has 1 aliphatic heterocycles. The van der Waals surface area contributed by atoms with Crippen LogP contribution in [0.5, 0.6) is 0 Å². The topological polar surface area (TPSA) is 58.6 Å². The van der Waals surface area contributed by atoms with Gasteiger partial charge in [-0.25, -0.2) is 0 Å². The standard InChI is InChI=1S/C24H25F6NO3/c1-15(16-10-18(23(25,26)27)12-19(11-16)24(28,29)30)34-14-22(17-6-4-3-5-7-17)9-8-21(2,13-31-22)20(32)33/h3-7,10-12,15,31H,8-9,13-14H2,1-2H3,(H,32,33)/t15-,21-,22-/m1/s1. The van der Waals surface area contributed by atoms with E-state index in [1.165, 1.54) is 6.92 Å². The van der Waals surface area contributed by atoms with Crippen molar-refractivity contribution in [2.75, 3.05) is 13.2 Å². The van der Waals surface area contributed by atoms with Crippen molar-refractivity contribution in [1.29, 1.82) is 0 Å². The second-order valence-corrected chi connectivity index (χ2v) is 8.96. The Bertz CT molecular complexity index is 979. The lowest BCUT2D eigenvalue weighted by atomic mass is 9.73. The molecule has 0 amide bonds. The molecule has 10 heteroatoms. The van der Waals surface area contributed by atoms with Gasteiger partial charge in [-0.2, -0.15) is 26.3 Å². The van der Waals surface area contributed by atoms with Gasteiger partial charge in [0.05, 0.1) is 34.8 Å². The molecule has 0 spiro atoms. The van der Waals surface area contributed by atoms with E-state index in [-0.39, 0.29) is 24.8 Å². The zero-order valence-corrected chi connectivity index (χ0v) is 18.6. The molecular formula is C24H25F6NO3. The molecule has 4 nitrogen and oxygen atoms in total. The molecule has 186 valence electrons. The number of carbonyl (C=O) groups is 1. The number of carboxylic acids is 1. The fraction of sp³-hybridized carbons (Fsp3) is 0.458. The molecule has 2 N–H and O–H groups in total. The monoisotopic (exact) mass is 489 g/mol. The number of piperidine rings is 1. The van der Waals surface area contributed by atoms with Crippen molar-refractivity contribution >= 4 is 5.97 Å². The normalized spacial score (nSPS) is 24.6. The number of nitrogens with one attached hydrogen (secondary N) is 1. The summed E-state index contributed by atoms with van der Waals surface area (Å²) in [5.41, 5.74) is -4.13. The van der Waals surface area contributed by atoms with Crippen LogP contribution in [0.15, 0.2) is 48.5 Å². The molecule has 3 rings (SSSR count). The molecular weight excluding hydrogens is 464 g/mol. The van der Waals surface area contributed by atoms with E-state index in [1.807, 2.05) is 12.1 Å². The van der Waals surface area contributed by atoms with Gasteiger partial charge in [-0.05, 0) is 56.0 Å². The Kier molecular flexibility index (Phi) is 7.06. The minimum Gasteiger partial charge on any atom is -0.481 e. The summed E-state index contributed by atoms with van der Waals surface area (Å²) in [6.07, 6.45) is -10.3. The van der Waals surface area contributed by atoms with Crippen molar-refractivity contribution in [1.82, 2.24) is 5.32 Å². The molecule has 2 aromatic rings. The van der Waals surface area contributed by atoms with Gasteiger partial charge in [0.15, 0.2) is 0 Å². The summed E-state index contributed by atoms with van der Waals surface area (Å²) in [6.45, 7) is 3.04. The van der Waals surface area contributed by atoms with Crippen LogP contribution in [-0.4, -0.2) is 24.2 Å². The minimum atomic E-state index is -4.95. The fourth-order valence-electron chi connectivity index (χ4n) is 4.00. The van der Waals surface area contributed by atoms with E-state index in [0.717, 1.165) is 5.56 Å². The first-order valence-electron chi connectivity index (χ1n) is 10.6. The minimum absolute atomic E-state index is 0.0779. The number of aliphatic carboxylic acids is 1. The van der Waals surface area contributed by atoms with Gasteiger partial charge in [-0.1, -0.05) is 30.3 Å². The first-order valence-corrected chi connectivity index (χ1v) is 10.6. The average molecular weight is 489 g/mol. The number of halogens is 6. The molecule has 0 aliphatic carbocycles. The van der Waals surface area contributed by atoms with Crippen LogP contribution in [0.1, 0.15) is 55.0 Å². The molecule has 34 heavy (non-hydrogen) atoms. The third-order valence-corrected chi connectivity index (χ3v) is 6.42. The van der Waals surface area contributed by atoms with Crippen LogP contribution in [-0.2, 0) is 27.4 Å². The predicted octanol–water partition coefficient (Wildman–Crippen LogP) is 6.17. The number of rotatable bonds is 6. The van der Waals surface area contributed by atoms with Crippen molar-refractivity contribution in [3.8, 4) is 0 Å². The zero-order valence-electron chi connectivity index (χ0n) is 18.6. The lowest BCUT2D eigenvalue weighted by molar-refractivity contribution is -0.151. The van der Waals surface area contributed by atoms with E-state index in [4.69, 9.17) is 4.74 Å². The maximum atomic E-state index is 13.2. The SMILES string of the molecule is C[C@@H](OC[C@@]1(c2ccccc2)CC[C@@](C)(C(=O)O)CN1)c1cc(C(F)(F)F)cc(C(F)(F)F)c1. The second kappa shape index (κ2) is 9.22. The molecule has 1 fully saturated rings. The van der Waals surface area contributed by atoms with E-state index in [0.29, 0.717) is 25.0 Å². The first kappa shape index (κ1) is 26.0. The van der Waals surface area contributed by atoms with Crippen LogP contribution < -0.4 is 5.32 Å². The van der Waals surface area contributed by atoms with Gasteiger partial charge in [0.25, 0.3) is 0 Å². The molecule has 0 unspecified atom stereocenters. The Morgan fingerprint density at radius 3 is 2.03 bits per heavy atom. The third-order valence-electron chi connectivity index (χ3n) is 6.42. The summed E-state index contributed by atoms with van der Waals surface area (Å²) < 4.78 is 85.2. The molecule has 1 heterocycles. The predicted molar refractivity (Wildman–Crippen MR) is 112 cm³/mol. The van der Waals surface area contributed by atoms with Crippen LogP contribution in [0.4, 0.5) is 26.3 Å². The lowest BCUT2D eigenvalue weighted by Crippen LogP contribution is -2.56. The van der Waals surface area contributed by atoms with Crippen molar-refractivity contribution in [2.45, 2.75) is 50.7 Å². The maximum Gasteiger partial charge on any atom is 0.416 e. The lowest BCUT2D eigenvalue weighted by Gasteiger charge is -2.44. The number of hydrogen-bond donors (Lipinski definition) is 2. The smallest absolute Gasteiger partial charge is 0.416 e. The van der Waals surface area contributed by atoms with E-state index < -0.39 is 46.5 Å². The number of carboxylic acid groups (broad SMARTS) is 1. The van der Waals surface area contributed by atoms with Crippen molar-refractivity contribution in [3.05, 3.63) is 70.8 Å². The number of ether oxygens (including phenoxy) is 1. The Morgan fingerprint density at radius 2 is 1.59 bits per heavy atom. The first-order chi connectivity index (χ1) is 15.7. The zero-order chi connectivity index (χ0) is 25.4. The fourth-order valence-corrected chi connectivity index (χ4v) is 4.00. The highest BCUT2D eigenvalue weighted by Gasteiger charge is 2.45. The van der Waals surface area contributed by atoms with Gasteiger partial charge >= 0.3 is 18.3 Å². The second-order valence-electron chi connectivity index (χ2n) is 8.96. The Morgan fingerprint density at radius 1 is 1.03 bits per heavy atom. The molecule has 0 bridgehead atoms. The summed E-state index contributed by atoms with van der Waals surface area (Å²) in [7, 11) is 0. The highest BCUT2D eigenvalue weighted by Crippen LogP contribution is 2.41. The van der Waals surface area contributed by atoms with Crippen LogP contribution in [0, 0.1) is 5.41 Å². The van der Waals surface area contributed by atoms with Crippen LogP contribution >= 0.6 is 0 Å². The summed E-state index contributed by atoms with van der Waals surface area (Å²) in [4.78, 5) is 11.6. The highest BCUT2D eigenvalue weighted by atomic mass is 19.4. The Hall–Kier alpha value is -2.59. The number of benzene rings is 2. The van der Waals surface area contributed by atoms with Crippen LogP contribution in [0.2, 0.25) is 0 Å². The van der Waals surface area contributed by atoms with Crippen molar-refractivity contribution in [3.63, 3.8) is 0 Å². The molecule has 0 aromatic heterocycles. The summed E-state index contributed by atoms with van der Waals surface area (Å²) >= 11 is 0.